The summed E-state index contributed by atoms with van der Waals surface area (Å²) in [5, 5.41) is 2.05. The van der Waals surface area contributed by atoms with Crippen molar-refractivity contribution in [3.63, 3.8) is 0 Å². The van der Waals surface area contributed by atoms with Gasteiger partial charge in [0.1, 0.15) is 0 Å². The minimum Gasteiger partial charge on any atom is -0.251 e. The molecule has 1 nitrogen and oxygen atoms in total. The van der Waals surface area contributed by atoms with E-state index in [-0.39, 0.29) is 0 Å². The molecular formula is C14H13ClIN. The fourth-order valence-electron chi connectivity index (χ4n) is 2.53. The summed E-state index contributed by atoms with van der Waals surface area (Å²) >= 11 is 8.90. The van der Waals surface area contributed by atoms with E-state index in [1.165, 1.54) is 34.1 Å². The molecule has 1 aromatic carbocycles. The number of benzene rings is 1. The maximum Gasteiger partial charge on any atom is 0.0853 e. The van der Waals surface area contributed by atoms with Crippen molar-refractivity contribution in [3.8, 4) is 0 Å². The number of halogens is 2. The Morgan fingerprint density at radius 2 is 1.94 bits per heavy atom. The summed E-state index contributed by atoms with van der Waals surface area (Å²) in [5.74, 6) is 0. The number of pyridine rings is 1. The van der Waals surface area contributed by atoms with Gasteiger partial charge in [-0.1, -0.05) is 30.2 Å². The van der Waals surface area contributed by atoms with Crippen LogP contribution in [0.5, 0.6) is 0 Å². The van der Waals surface area contributed by atoms with E-state index in [4.69, 9.17) is 16.6 Å². The first-order valence-corrected chi connectivity index (χ1v) is 7.48. The highest BCUT2D eigenvalue weighted by molar-refractivity contribution is 14.1. The summed E-state index contributed by atoms with van der Waals surface area (Å²) in [6.45, 7) is 0. The molecule has 0 atom stereocenters. The third-order valence-corrected chi connectivity index (χ3v) is 4.73. The molecule has 0 bridgehead atoms. The highest BCUT2D eigenvalue weighted by Gasteiger charge is 2.16. The molecule has 1 heterocycles. The zero-order valence-corrected chi connectivity index (χ0v) is 12.4. The van der Waals surface area contributed by atoms with Crippen LogP contribution in [-0.2, 0) is 12.8 Å². The van der Waals surface area contributed by atoms with Crippen LogP contribution in [-0.4, -0.2) is 4.98 Å². The third kappa shape index (κ3) is 2.06. The second-order valence-electron chi connectivity index (χ2n) is 4.55. The molecule has 17 heavy (non-hydrogen) atoms. The van der Waals surface area contributed by atoms with Crippen molar-refractivity contribution >= 4 is 45.1 Å². The SMILES string of the molecule is Clc1c2c(nc3c(I)cccc13)CCCCC2. The van der Waals surface area contributed by atoms with Gasteiger partial charge in [-0.05, 0) is 59.9 Å². The Labute approximate surface area is 120 Å². The van der Waals surface area contributed by atoms with E-state index >= 15 is 0 Å². The molecule has 0 fully saturated rings. The largest absolute Gasteiger partial charge is 0.251 e. The molecule has 0 unspecified atom stereocenters. The van der Waals surface area contributed by atoms with Gasteiger partial charge in [0.25, 0.3) is 0 Å². The molecule has 0 saturated heterocycles. The number of aryl methyl sites for hydroxylation is 1. The molecule has 1 aliphatic rings. The van der Waals surface area contributed by atoms with Gasteiger partial charge in [-0.15, -0.1) is 0 Å². The lowest BCUT2D eigenvalue weighted by atomic mass is 10.1. The fraction of sp³-hybridized carbons (Fsp3) is 0.357. The van der Waals surface area contributed by atoms with Crippen molar-refractivity contribution in [1.82, 2.24) is 4.98 Å². The van der Waals surface area contributed by atoms with Crippen LogP contribution in [0.2, 0.25) is 5.02 Å². The molecule has 1 aliphatic carbocycles. The van der Waals surface area contributed by atoms with Gasteiger partial charge in [-0.25, -0.2) is 0 Å². The van der Waals surface area contributed by atoms with E-state index in [0.29, 0.717) is 0 Å². The van der Waals surface area contributed by atoms with E-state index in [9.17, 15) is 0 Å². The average molecular weight is 358 g/mol. The first kappa shape index (κ1) is 11.7. The Balaban J connectivity index is 2.33. The molecule has 0 saturated carbocycles. The van der Waals surface area contributed by atoms with Gasteiger partial charge in [0, 0.05) is 14.7 Å². The maximum atomic E-state index is 6.56. The van der Waals surface area contributed by atoms with Gasteiger partial charge in [0.2, 0.25) is 0 Å². The zero-order chi connectivity index (χ0) is 11.8. The number of fused-ring (bicyclic) bond motifs is 2. The maximum absolute atomic E-state index is 6.56. The van der Waals surface area contributed by atoms with Crippen LogP contribution in [0, 0.1) is 3.57 Å². The van der Waals surface area contributed by atoms with Crippen molar-refractivity contribution in [1.29, 1.82) is 0 Å². The van der Waals surface area contributed by atoms with Crippen LogP contribution >= 0.6 is 34.2 Å². The number of hydrogen-bond donors (Lipinski definition) is 0. The predicted octanol–water partition coefficient (Wildman–Crippen LogP) is 4.76. The minimum absolute atomic E-state index is 0.936. The van der Waals surface area contributed by atoms with Crippen molar-refractivity contribution in [2.45, 2.75) is 32.1 Å². The van der Waals surface area contributed by atoms with E-state index in [1.807, 2.05) is 0 Å². The van der Waals surface area contributed by atoms with Gasteiger partial charge in [0.15, 0.2) is 0 Å². The Bertz CT molecular complexity index is 580. The number of nitrogens with zero attached hydrogens (tertiary/aromatic N) is 1. The van der Waals surface area contributed by atoms with Crippen molar-refractivity contribution in [2.75, 3.05) is 0 Å². The van der Waals surface area contributed by atoms with Crippen LogP contribution < -0.4 is 0 Å². The van der Waals surface area contributed by atoms with E-state index < -0.39 is 0 Å². The second kappa shape index (κ2) is 4.73. The summed E-state index contributed by atoms with van der Waals surface area (Å²) in [4.78, 5) is 4.84. The number of rotatable bonds is 0. The second-order valence-corrected chi connectivity index (χ2v) is 6.09. The first-order valence-electron chi connectivity index (χ1n) is 6.03. The van der Waals surface area contributed by atoms with Crippen LogP contribution in [0.3, 0.4) is 0 Å². The molecule has 88 valence electrons. The van der Waals surface area contributed by atoms with Crippen LogP contribution in [0.4, 0.5) is 0 Å². The molecule has 1 aromatic heterocycles. The minimum atomic E-state index is 0.936. The Morgan fingerprint density at radius 3 is 2.82 bits per heavy atom. The normalized spacial score (nSPS) is 15.6. The van der Waals surface area contributed by atoms with Gasteiger partial charge < -0.3 is 0 Å². The summed E-state index contributed by atoms with van der Waals surface area (Å²) in [5.41, 5.74) is 3.58. The lowest BCUT2D eigenvalue weighted by Crippen LogP contribution is -1.99. The summed E-state index contributed by atoms with van der Waals surface area (Å²) in [6.07, 6.45) is 5.94. The lowest BCUT2D eigenvalue weighted by molar-refractivity contribution is 0.709. The van der Waals surface area contributed by atoms with E-state index in [1.54, 1.807) is 0 Å². The van der Waals surface area contributed by atoms with Crippen molar-refractivity contribution < 1.29 is 0 Å². The molecule has 0 amide bonds. The van der Waals surface area contributed by atoms with Crippen LogP contribution in [0.25, 0.3) is 10.9 Å². The summed E-state index contributed by atoms with van der Waals surface area (Å²) in [7, 11) is 0. The van der Waals surface area contributed by atoms with Crippen molar-refractivity contribution in [3.05, 3.63) is 38.0 Å². The molecule has 0 aliphatic heterocycles. The van der Waals surface area contributed by atoms with Crippen LogP contribution in [0.15, 0.2) is 18.2 Å². The molecule has 0 radical (unpaired) electrons. The highest BCUT2D eigenvalue weighted by atomic mass is 127. The molecular weight excluding hydrogens is 345 g/mol. The zero-order valence-electron chi connectivity index (χ0n) is 9.47. The summed E-state index contributed by atoms with van der Waals surface area (Å²) < 4.78 is 1.19. The molecule has 0 spiro atoms. The standard InChI is InChI=1S/C14H13ClIN/c15-13-9-5-2-1-3-8-12(9)17-14-10(13)6-4-7-11(14)16/h4,6-7H,1-3,5,8H2. The fourth-order valence-corrected chi connectivity index (χ4v) is 3.50. The molecule has 3 heteroatoms. The number of para-hydroxylation sites is 1. The Hall–Kier alpha value is -0.350. The Kier molecular flexibility index (Phi) is 3.26. The lowest BCUT2D eigenvalue weighted by Gasteiger charge is -2.11. The third-order valence-electron chi connectivity index (χ3n) is 3.42. The van der Waals surface area contributed by atoms with E-state index in [0.717, 1.165) is 28.8 Å². The van der Waals surface area contributed by atoms with Gasteiger partial charge in [-0.3, -0.25) is 4.98 Å². The highest BCUT2D eigenvalue weighted by Crippen LogP contribution is 2.33. The molecule has 0 N–H and O–H groups in total. The number of hydrogen-bond acceptors (Lipinski definition) is 1. The van der Waals surface area contributed by atoms with Gasteiger partial charge >= 0.3 is 0 Å². The predicted molar refractivity (Wildman–Crippen MR) is 80.7 cm³/mol. The smallest absolute Gasteiger partial charge is 0.0853 e. The summed E-state index contributed by atoms with van der Waals surface area (Å²) in [6, 6.07) is 6.23. The van der Waals surface area contributed by atoms with Crippen LogP contribution in [0.1, 0.15) is 30.5 Å². The number of aromatic nitrogens is 1. The van der Waals surface area contributed by atoms with Gasteiger partial charge in [0.05, 0.1) is 10.5 Å². The molecule has 2 aromatic rings. The monoisotopic (exact) mass is 357 g/mol. The quantitative estimate of drug-likeness (QED) is 0.489. The topological polar surface area (TPSA) is 12.9 Å². The molecule has 3 rings (SSSR count). The van der Waals surface area contributed by atoms with E-state index in [2.05, 4.69) is 40.8 Å². The Morgan fingerprint density at radius 1 is 1.12 bits per heavy atom. The van der Waals surface area contributed by atoms with Crippen molar-refractivity contribution in [2.24, 2.45) is 0 Å². The van der Waals surface area contributed by atoms with Gasteiger partial charge in [-0.2, -0.15) is 0 Å². The first-order chi connectivity index (χ1) is 8.27. The average Bonchev–Trinajstić information content (AvgIpc) is 2.56.